The minimum Gasteiger partial charge on any atom is -0.376 e. The Kier molecular flexibility index (Phi) is 3.58. The SMILES string of the molecule is CC(=O)CNc1c(Cl)cccc1Cl. The van der Waals surface area contributed by atoms with Crippen molar-refractivity contribution in [3.63, 3.8) is 0 Å². The zero-order valence-corrected chi connectivity index (χ0v) is 8.62. The Hall–Kier alpha value is -0.730. The van der Waals surface area contributed by atoms with Gasteiger partial charge in [-0.05, 0) is 19.1 Å². The molecule has 1 aromatic carbocycles. The lowest BCUT2D eigenvalue weighted by Crippen LogP contribution is -2.10. The average molecular weight is 218 g/mol. The number of Topliss-reactive ketones (excluding diaryl/α,β-unsaturated/α-hetero) is 1. The van der Waals surface area contributed by atoms with Gasteiger partial charge in [0.25, 0.3) is 0 Å². The molecule has 0 aliphatic heterocycles. The second-order valence-electron chi connectivity index (χ2n) is 2.65. The molecule has 0 amide bonds. The first kappa shape index (κ1) is 10.4. The van der Waals surface area contributed by atoms with Gasteiger partial charge in [0.05, 0.1) is 22.3 Å². The molecule has 0 saturated heterocycles. The fraction of sp³-hybridized carbons (Fsp3) is 0.222. The minimum absolute atomic E-state index is 0.0380. The summed E-state index contributed by atoms with van der Waals surface area (Å²) in [4.78, 5) is 10.7. The van der Waals surface area contributed by atoms with E-state index in [4.69, 9.17) is 23.2 Å². The van der Waals surface area contributed by atoms with E-state index in [9.17, 15) is 4.79 Å². The third kappa shape index (κ3) is 2.90. The van der Waals surface area contributed by atoms with Crippen LogP contribution in [0.5, 0.6) is 0 Å². The Morgan fingerprint density at radius 1 is 1.38 bits per heavy atom. The van der Waals surface area contributed by atoms with Crippen LogP contribution in [-0.2, 0) is 4.79 Å². The van der Waals surface area contributed by atoms with Crippen LogP contribution in [0.15, 0.2) is 18.2 Å². The van der Waals surface area contributed by atoms with Gasteiger partial charge in [-0.1, -0.05) is 29.3 Å². The van der Waals surface area contributed by atoms with Crippen molar-refractivity contribution in [1.29, 1.82) is 0 Å². The smallest absolute Gasteiger partial charge is 0.148 e. The molecule has 0 fully saturated rings. The van der Waals surface area contributed by atoms with Crippen LogP contribution < -0.4 is 5.32 Å². The third-order valence-electron chi connectivity index (χ3n) is 1.48. The van der Waals surface area contributed by atoms with Crippen molar-refractivity contribution < 1.29 is 4.79 Å². The van der Waals surface area contributed by atoms with Crippen molar-refractivity contribution in [3.05, 3.63) is 28.2 Å². The van der Waals surface area contributed by atoms with E-state index in [0.29, 0.717) is 15.7 Å². The van der Waals surface area contributed by atoms with Crippen molar-refractivity contribution in [2.45, 2.75) is 6.92 Å². The molecular weight excluding hydrogens is 209 g/mol. The number of para-hydroxylation sites is 1. The zero-order valence-electron chi connectivity index (χ0n) is 7.10. The molecule has 0 aliphatic carbocycles. The molecule has 0 aliphatic rings. The highest BCUT2D eigenvalue weighted by atomic mass is 35.5. The molecule has 0 aromatic heterocycles. The Morgan fingerprint density at radius 2 is 1.92 bits per heavy atom. The van der Waals surface area contributed by atoms with Gasteiger partial charge in [0, 0.05) is 0 Å². The molecule has 0 saturated carbocycles. The molecule has 1 rings (SSSR count). The van der Waals surface area contributed by atoms with Crippen molar-refractivity contribution in [3.8, 4) is 0 Å². The number of nitrogens with one attached hydrogen (secondary N) is 1. The molecule has 70 valence electrons. The quantitative estimate of drug-likeness (QED) is 0.844. The summed E-state index contributed by atoms with van der Waals surface area (Å²) in [6, 6.07) is 5.19. The number of carbonyl (C=O) groups excluding carboxylic acids is 1. The Morgan fingerprint density at radius 3 is 2.38 bits per heavy atom. The van der Waals surface area contributed by atoms with Crippen molar-refractivity contribution in [1.82, 2.24) is 0 Å². The van der Waals surface area contributed by atoms with Crippen molar-refractivity contribution in [2.24, 2.45) is 0 Å². The first-order chi connectivity index (χ1) is 6.11. The summed E-state index contributed by atoms with van der Waals surface area (Å²) in [5.74, 6) is 0.0380. The van der Waals surface area contributed by atoms with Crippen LogP contribution >= 0.6 is 23.2 Å². The molecule has 0 unspecified atom stereocenters. The summed E-state index contributed by atoms with van der Waals surface area (Å²) in [6.07, 6.45) is 0. The van der Waals surface area contributed by atoms with Crippen LogP contribution in [0.3, 0.4) is 0 Å². The zero-order chi connectivity index (χ0) is 9.84. The van der Waals surface area contributed by atoms with Crippen LogP contribution in [-0.4, -0.2) is 12.3 Å². The van der Waals surface area contributed by atoms with E-state index >= 15 is 0 Å². The maximum absolute atomic E-state index is 10.7. The van der Waals surface area contributed by atoms with Crippen molar-refractivity contribution in [2.75, 3.05) is 11.9 Å². The maximum Gasteiger partial charge on any atom is 0.148 e. The van der Waals surface area contributed by atoms with E-state index in [1.54, 1.807) is 18.2 Å². The highest BCUT2D eigenvalue weighted by Crippen LogP contribution is 2.29. The predicted molar refractivity (Wildman–Crippen MR) is 55.6 cm³/mol. The van der Waals surface area contributed by atoms with Crippen LogP contribution in [0.1, 0.15) is 6.92 Å². The number of anilines is 1. The van der Waals surface area contributed by atoms with Gasteiger partial charge < -0.3 is 5.32 Å². The highest BCUT2D eigenvalue weighted by molar-refractivity contribution is 6.39. The molecule has 0 bridgehead atoms. The predicted octanol–water partition coefficient (Wildman–Crippen LogP) is 2.99. The van der Waals surface area contributed by atoms with Gasteiger partial charge in [-0.25, -0.2) is 0 Å². The molecule has 0 atom stereocenters. The topological polar surface area (TPSA) is 29.1 Å². The molecule has 0 spiro atoms. The fourth-order valence-corrected chi connectivity index (χ4v) is 1.41. The summed E-state index contributed by atoms with van der Waals surface area (Å²) < 4.78 is 0. The number of rotatable bonds is 3. The Balaban J connectivity index is 2.81. The Labute approximate surface area is 86.8 Å². The van der Waals surface area contributed by atoms with Crippen LogP contribution in [0.2, 0.25) is 10.0 Å². The van der Waals surface area contributed by atoms with E-state index in [-0.39, 0.29) is 12.3 Å². The molecule has 4 heteroatoms. The van der Waals surface area contributed by atoms with E-state index in [1.807, 2.05) is 0 Å². The van der Waals surface area contributed by atoms with Crippen LogP contribution in [0, 0.1) is 0 Å². The van der Waals surface area contributed by atoms with Crippen molar-refractivity contribution >= 4 is 34.7 Å². The van der Waals surface area contributed by atoms with Gasteiger partial charge in [-0.15, -0.1) is 0 Å². The van der Waals surface area contributed by atoms with Crippen LogP contribution in [0.25, 0.3) is 0 Å². The van der Waals surface area contributed by atoms with E-state index < -0.39 is 0 Å². The molecule has 2 nitrogen and oxygen atoms in total. The second-order valence-corrected chi connectivity index (χ2v) is 3.47. The molecular formula is C9H9Cl2NO. The van der Waals surface area contributed by atoms with Gasteiger partial charge >= 0.3 is 0 Å². The summed E-state index contributed by atoms with van der Waals surface area (Å²) in [5, 5.41) is 3.91. The lowest BCUT2D eigenvalue weighted by atomic mass is 10.3. The third-order valence-corrected chi connectivity index (χ3v) is 2.11. The first-order valence-electron chi connectivity index (χ1n) is 3.78. The Bertz CT molecular complexity index is 305. The van der Waals surface area contributed by atoms with Gasteiger partial charge in [0.2, 0.25) is 0 Å². The molecule has 1 N–H and O–H groups in total. The monoisotopic (exact) mass is 217 g/mol. The molecule has 1 aromatic rings. The van der Waals surface area contributed by atoms with Gasteiger partial charge in [-0.2, -0.15) is 0 Å². The molecule has 0 radical (unpaired) electrons. The highest BCUT2D eigenvalue weighted by Gasteiger charge is 2.04. The number of ketones is 1. The lowest BCUT2D eigenvalue weighted by molar-refractivity contribution is -0.115. The number of hydrogen-bond donors (Lipinski definition) is 1. The number of benzene rings is 1. The lowest BCUT2D eigenvalue weighted by Gasteiger charge is -2.07. The van der Waals surface area contributed by atoms with E-state index in [0.717, 1.165) is 0 Å². The summed E-state index contributed by atoms with van der Waals surface area (Å²) in [7, 11) is 0. The molecule has 0 heterocycles. The summed E-state index contributed by atoms with van der Waals surface area (Å²) in [6.45, 7) is 1.74. The second kappa shape index (κ2) is 4.49. The van der Waals surface area contributed by atoms with Crippen LogP contribution in [0.4, 0.5) is 5.69 Å². The standard InChI is InChI=1S/C9H9Cl2NO/c1-6(13)5-12-9-7(10)3-2-4-8(9)11/h2-4,12H,5H2,1H3. The average Bonchev–Trinajstić information content (AvgIpc) is 2.03. The van der Waals surface area contributed by atoms with Gasteiger partial charge in [-0.3, -0.25) is 4.79 Å². The van der Waals surface area contributed by atoms with Gasteiger partial charge in [0.15, 0.2) is 0 Å². The first-order valence-corrected chi connectivity index (χ1v) is 4.54. The van der Waals surface area contributed by atoms with E-state index in [1.165, 1.54) is 6.92 Å². The summed E-state index contributed by atoms with van der Waals surface area (Å²) in [5.41, 5.74) is 0.612. The van der Waals surface area contributed by atoms with Gasteiger partial charge in [0.1, 0.15) is 5.78 Å². The van der Waals surface area contributed by atoms with E-state index in [2.05, 4.69) is 5.32 Å². The number of halogens is 2. The minimum atomic E-state index is 0.0380. The normalized spacial score (nSPS) is 9.77. The number of carbonyl (C=O) groups is 1. The molecule has 13 heavy (non-hydrogen) atoms. The maximum atomic E-state index is 10.7. The number of hydrogen-bond acceptors (Lipinski definition) is 2. The largest absolute Gasteiger partial charge is 0.376 e. The summed E-state index contributed by atoms with van der Waals surface area (Å²) >= 11 is 11.7. The fourth-order valence-electron chi connectivity index (χ4n) is 0.880.